The van der Waals surface area contributed by atoms with Gasteiger partial charge in [-0.3, -0.25) is 4.79 Å². The molecule has 2 heterocycles. The summed E-state index contributed by atoms with van der Waals surface area (Å²) in [7, 11) is 0. The lowest BCUT2D eigenvalue weighted by molar-refractivity contribution is 0.0142. The number of carbonyl (C=O) groups is 1. The second-order valence-corrected chi connectivity index (χ2v) is 5.79. The van der Waals surface area contributed by atoms with Gasteiger partial charge in [0.05, 0.1) is 17.2 Å². The average Bonchev–Trinajstić information content (AvgIpc) is 2.81. The molecule has 1 aromatic heterocycles. The minimum absolute atomic E-state index is 0.0604. The number of hydrogen-bond donors (Lipinski definition) is 3. The van der Waals surface area contributed by atoms with Crippen molar-refractivity contribution in [2.45, 2.75) is 38.8 Å². The molecule has 1 amide bonds. The van der Waals surface area contributed by atoms with E-state index >= 15 is 0 Å². The Balaban J connectivity index is 2.10. The van der Waals surface area contributed by atoms with Gasteiger partial charge in [0.2, 0.25) is 0 Å². The van der Waals surface area contributed by atoms with Gasteiger partial charge in [0.25, 0.3) is 5.91 Å². The van der Waals surface area contributed by atoms with E-state index in [4.69, 9.17) is 21.6 Å². The summed E-state index contributed by atoms with van der Waals surface area (Å²) in [5.41, 5.74) is 1.03. The summed E-state index contributed by atoms with van der Waals surface area (Å²) in [6.45, 7) is 5.98. The minimum Gasteiger partial charge on any atom is -0.375 e. The van der Waals surface area contributed by atoms with Crippen molar-refractivity contribution in [2.24, 2.45) is 0 Å². The van der Waals surface area contributed by atoms with Crippen LogP contribution < -0.4 is 10.6 Å². The standard InChI is InChI=1S/C15H21ClN4O2/c1-3-6-22-12-8-18-5-4-11(12)20-15(21)14-10(7-17)13(16)9(2)19-14/h11-12,18-19H,3-6,8H2,1-2H3,(H,20,21)/t11-,12+/m0/s1. The molecule has 2 rings (SSSR count). The van der Waals surface area contributed by atoms with Crippen LogP contribution in [0.1, 0.15) is 41.5 Å². The molecule has 0 bridgehead atoms. The zero-order valence-electron chi connectivity index (χ0n) is 12.8. The summed E-state index contributed by atoms with van der Waals surface area (Å²) in [5.74, 6) is -0.316. The van der Waals surface area contributed by atoms with Crippen molar-refractivity contribution in [2.75, 3.05) is 19.7 Å². The van der Waals surface area contributed by atoms with Crippen LogP contribution in [0.3, 0.4) is 0 Å². The number of aryl methyl sites for hydroxylation is 1. The molecule has 1 aliphatic rings. The molecular formula is C15H21ClN4O2. The lowest BCUT2D eigenvalue weighted by Crippen LogP contribution is -2.54. The Labute approximate surface area is 135 Å². The van der Waals surface area contributed by atoms with Crippen molar-refractivity contribution in [1.82, 2.24) is 15.6 Å². The van der Waals surface area contributed by atoms with Crippen LogP contribution in [0.2, 0.25) is 5.02 Å². The molecule has 1 aromatic rings. The van der Waals surface area contributed by atoms with E-state index in [2.05, 4.69) is 15.6 Å². The summed E-state index contributed by atoms with van der Waals surface area (Å²) in [5, 5.41) is 15.7. The number of amides is 1. The van der Waals surface area contributed by atoms with Crippen molar-refractivity contribution >= 4 is 17.5 Å². The molecule has 0 aliphatic carbocycles. The fraction of sp³-hybridized carbons (Fsp3) is 0.600. The topological polar surface area (TPSA) is 89.9 Å². The number of ether oxygens (including phenoxy) is 1. The number of rotatable bonds is 5. The quantitative estimate of drug-likeness (QED) is 0.769. The molecule has 2 atom stereocenters. The summed E-state index contributed by atoms with van der Waals surface area (Å²) in [4.78, 5) is 15.3. The highest BCUT2D eigenvalue weighted by Crippen LogP contribution is 2.23. The molecule has 7 heteroatoms. The molecule has 6 nitrogen and oxygen atoms in total. The maximum absolute atomic E-state index is 12.4. The van der Waals surface area contributed by atoms with E-state index in [1.807, 2.05) is 13.0 Å². The molecule has 1 aliphatic heterocycles. The lowest BCUT2D eigenvalue weighted by Gasteiger charge is -2.32. The van der Waals surface area contributed by atoms with E-state index in [1.54, 1.807) is 6.92 Å². The van der Waals surface area contributed by atoms with Crippen molar-refractivity contribution in [3.8, 4) is 6.07 Å². The largest absolute Gasteiger partial charge is 0.375 e. The second kappa shape index (κ2) is 7.63. The molecule has 0 radical (unpaired) electrons. The Morgan fingerprint density at radius 3 is 3.05 bits per heavy atom. The molecule has 0 spiro atoms. The Bertz CT molecular complexity index is 579. The van der Waals surface area contributed by atoms with Crippen LogP contribution in [0, 0.1) is 18.3 Å². The van der Waals surface area contributed by atoms with Crippen molar-refractivity contribution in [3.05, 3.63) is 22.0 Å². The molecule has 3 N–H and O–H groups in total. The van der Waals surface area contributed by atoms with Crippen molar-refractivity contribution in [1.29, 1.82) is 5.26 Å². The number of halogens is 1. The SMILES string of the molecule is CCCO[C@@H]1CNCC[C@@H]1NC(=O)c1[nH]c(C)c(Cl)c1C#N. The Morgan fingerprint density at radius 1 is 1.59 bits per heavy atom. The van der Waals surface area contributed by atoms with Crippen LogP contribution in [0.4, 0.5) is 0 Å². The average molecular weight is 325 g/mol. The predicted molar refractivity (Wildman–Crippen MR) is 84.0 cm³/mol. The highest BCUT2D eigenvalue weighted by Gasteiger charge is 2.29. The van der Waals surface area contributed by atoms with Gasteiger partial charge in [-0.15, -0.1) is 0 Å². The van der Waals surface area contributed by atoms with Gasteiger partial charge in [-0.25, -0.2) is 0 Å². The first kappa shape index (κ1) is 16.8. The Kier molecular flexibility index (Phi) is 5.83. The zero-order valence-corrected chi connectivity index (χ0v) is 13.6. The summed E-state index contributed by atoms with van der Waals surface area (Å²) in [6, 6.07) is 1.91. The number of aromatic nitrogens is 1. The Hall–Kier alpha value is -1.55. The third kappa shape index (κ3) is 3.61. The molecule has 1 fully saturated rings. The first-order valence-corrected chi connectivity index (χ1v) is 7.87. The van der Waals surface area contributed by atoms with Gasteiger partial charge >= 0.3 is 0 Å². The van der Waals surface area contributed by atoms with Crippen LogP contribution in [-0.2, 0) is 4.74 Å². The molecular weight excluding hydrogens is 304 g/mol. The van der Waals surface area contributed by atoms with E-state index in [0.717, 1.165) is 19.4 Å². The summed E-state index contributed by atoms with van der Waals surface area (Å²) < 4.78 is 5.79. The first-order chi connectivity index (χ1) is 10.6. The van der Waals surface area contributed by atoms with E-state index < -0.39 is 0 Å². The molecule has 0 aromatic carbocycles. The van der Waals surface area contributed by atoms with Gasteiger partial charge < -0.3 is 20.4 Å². The van der Waals surface area contributed by atoms with Gasteiger partial charge in [-0.1, -0.05) is 18.5 Å². The first-order valence-electron chi connectivity index (χ1n) is 7.49. The molecule has 1 saturated heterocycles. The minimum atomic E-state index is -0.316. The third-order valence-electron chi connectivity index (χ3n) is 3.73. The fourth-order valence-corrected chi connectivity index (χ4v) is 2.74. The third-order valence-corrected chi connectivity index (χ3v) is 4.20. The van der Waals surface area contributed by atoms with Gasteiger partial charge in [0.1, 0.15) is 17.3 Å². The van der Waals surface area contributed by atoms with Crippen LogP contribution in [0.25, 0.3) is 0 Å². The van der Waals surface area contributed by atoms with Gasteiger partial charge in [-0.05, 0) is 26.3 Å². The summed E-state index contributed by atoms with van der Waals surface area (Å²) >= 11 is 6.03. The van der Waals surface area contributed by atoms with Crippen molar-refractivity contribution in [3.63, 3.8) is 0 Å². The predicted octanol–water partition coefficient (Wildman–Crippen LogP) is 1.74. The number of hydrogen-bond acceptors (Lipinski definition) is 4. The number of nitriles is 1. The van der Waals surface area contributed by atoms with Gasteiger partial charge in [0, 0.05) is 18.8 Å². The molecule has 22 heavy (non-hydrogen) atoms. The number of aromatic amines is 1. The number of piperidine rings is 1. The van der Waals surface area contributed by atoms with E-state index in [1.165, 1.54) is 0 Å². The molecule has 0 unspecified atom stereocenters. The van der Waals surface area contributed by atoms with E-state index in [9.17, 15) is 4.79 Å². The van der Waals surface area contributed by atoms with Gasteiger partial charge in [0.15, 0.2) is 0 Å². The normalized spacial score (nSPS) is 21.4. The van der Waals surface area contributed by atoms with Gasteiger partial charge in [-0.2, -0.15) is 5.26 Å². The number of H-pyrrole nitrogens is 1. The van der Waals surface area contributed by atoms with Crippen LogP contribution >= 0.6 is 11.6 Å². The zero-order chi connectivity index (χ0) is 16.1. The fourth-order valence-electron chi connectivity index (χ4n) is 2.56. The van der Waals surface area contributed by atoms with E-state index in [-0.39, 0.29) is 29.3 Å². The smallest absolute Gasteiger partial charge is 0.269 e. The highest BCUT2D eigenvalue weighted by molar-refractivity contribution is 6.33. The molecule has 120 valence electrons. The lowest BCUT2D eigenvalue weighted by atomic mass is 10.0. The monoisotopic (exact) mass is 324 g/mol. The maximum atomic E-state index is 12.4. The summed E-state index contributed by atoms with van der Waals surface area (Å²) in [6.07, 6.45) is 1.66. The van der Waals surface area contributed by atoms with Crippen LogP contribution in [-0.4, -0.2) is 42.7 Å². The highest BCUT2D eigenvalue weighted by atomic mass is 35.5. The number of nitrogens with one attached hydrogen (secondary N) is 3. The number of nitrogens with zero attached hydrogens (tertiary/aromatic N) is 1. The van der Waals surface area contributed by atoms with Crippen molar-refractivity contribution < 1.29 is 9.53 Å². The molecule has 0 saturated carbocycles. The van der Waals surface area contributed by atoms with Crippen LogP contribution in [0.5, 0.6) is 0 Å². The Morgan fingerprint density at radius 2 is 2.36 bits per heavy atom. The van der Waals surface area contributed by atoms with E-state index in [0.29, 0.717) is 23.9 Å². The number of carbonyl (C=O) groups excluding carboxylic acids is 1. The van der Waals surface area contributed by atoms with Crippen LogP contribution in [0.15, 0.2) is 0 Å². The maximum Gasteiger partial charge on any atom is 0.269 e. The second-order valence-electron chi connectivity index (χ2n) is 5.41.